The molecule has 0 aliphatic carbocycles. The number of hydroxylamine groups is 1. The zero-order valence-electron chi connectivity index (χ0n) is 4.66. The van der Waals surface area contributed by atoms with Crippen LogP contribution in [0.4, 0.5) is 0 Å². The van der Waals surface area contributed by atoms with Gasteiger partial charge in [-0.15, -0.1) is 0 Å². The summed E-state index contributed by atoms with van der Waals surface area (Å²) in [6.07, 6.45) is 0. The van der Waals surface area contributed by atoms with E-state index in [9.17, 15) is 4.79 Å². The summed E-state index contributed by atoms with van der Waals surface area (Å²) in [6.45, 7) is -0.223. The van der Waals surface area contributed by atoms with E-state index in [2.05, 4.69) is 10.7 Å². The third-order valence-corrected chi connectivity index (χ3v) is 0.520. The van der Waals surface area contributed by atoms with E-state index in [1.54, 1.807) is 5.48 Å². The van der Waals surface area contributed by atoms with Crippen LogP contribution in [0.25, 0.3) is 0 Å². The van der Waals surface area contributed by atoms with E-state index in [4.69, 9.17) is 10.9 Å². The van der Waals surface area contributed by atoms with Crippen LogP contribution in [0.15, 0.2) is 4.99 Å². The molecular weight excluding hydrogens is 124 g/mol. The Balaban J connectivity index is 3.56. The number of hydrogen-bond donors (Lipinski definition) is 4. The molecule has 0 bridgehead atoms. The zero-order valence-corrected chi connectivity index (χ0v) is 4.66. The summed E-state index contributed by atoms with van der Waals surface area (Å²) in [6, 6.07) is 0. The molecule has 6 N–H and O–H groups in total. The zero-order chi connectivity index (χ0) is 7.28. The number of carbonyl (C=O) groups excluding carboxylic acids is 1. The molecule has 9 heavy (non-hydrogen) atoms. The van der Waals surface area contributed by atoms with Gasteiger partial charge in [-0.3, -0.25) is 10.0 Å². The summed E-state index contributed by atoms with van der Waals surface area (Å²) in [5.41, 5.74) is 11.1. The maximum atomic E-state index is 9.97. The minimum Gasteiger partial charge on any atom is -0.368 e. The highest BCUT2D eigenvalue weighted by molar-refractivity contribution is 5.82. The van der Waals surface area contributed by atoms with Crippen LogP contribution in [0.1, 0.15) is 0 Å². The molecule has 0 aromatic heterocycles. The van der Waals surface area contributed by atoms with Crippen molar-refractivity contribution in [1.82, 2.24) is 5.48 Å². The van der Waals surface area contributed by atoms with Gasteiger partial charge in [0.15, 0.2) is 0 Å². The van der Waals surface area contributed by atoms with Crippen molar-refractivity contribution < 1.29 is 10.0 Å². The first kappa shape index (κ1) is 7.70. The van der Waals surface area contributed by atoms with Crippen molar-refractivity contribution in [1.29, 1.82) is 0 Å². The van der Waals surface area contributed by atoms with Gasteiger partial charge in [-0.2, -0.15) is 0 Å². The summed E-state index contributed by atoms with van der Waals surface area (Å²) < 4.78 is 0. The lowest BCUT2D eigenvalue weighted by Gasteiger charge is -1.93. The SMILES string of the molecule is NC(=O)CN=C(N)NO. The van der Waals surface area contributed by atoms with Crippen molar-refractivity contribution >= 4 is 11.9 Å². The Morgan fingerprint density at radius 1 is 1.67 bits per heavy atom. The number of aliphatic imine (C=N–C) groups is 1. The van der Waals surface area contributed by atoms with Crippen LogP contribution in [-0.4, -0.2) is 23.6 Å². The first-order valence-corrected chi connectivity index (χ1v) is 2.15. The van der Waals surface area contributed by atoms with Crippen LogP contribution in [0.5, 0.6) is 0 Å². The van der Waals surface area contributed by atoms with Gasteiger partial charge in [-0.1, -0.05) is 0 Å². The molecule has 0 fully saturated rings. The normalized spacial score (nSPS) is 11.0. The first-order chi connectivity index (χ1) is 4.16. The average Bonchev–Trinajstić information content (AvgIpc) is 1.83. The van der Waals surface area contributed by atoms with Crippen molar-refractivity contribution in [2.75, 3.05) is 6.54 Å². The van der Waals surface area contributed by atoms with E-state index in [0.29, 0.717) is 0 Å². The van der Waals surface area contributed by atoms with E-state index in [1.165, 1.54) is 0 Å². The molecule has 6 nitrogen and oxygen atoms in total. The Bertz CT molecular complexity index is 132. The van der Waals surface area contributed by atoms with Gasteiger partial charge in [0.2, 0.25) is 11.9 Å². The number of hydrogen-bond acceptors (Lipinski definition) is 3. The summed E-state index contributed by atoms with van der Waals surface area (Å²) in [7, 11) is 0. The Hall–Kier alpha value is -1.30. The molecule has 6 heteroatoms. The van der Waals surface area contributed by atoms with E-state index >= 15 is 0 Å². The molecule has 0 unspecified atom stereocenters. The van der Waals surface area contributed by atoms with Crippen LogP contribution < -0.4 is 16.9 Å². The molecule has 0 saturated carbocycles. The lowest BCUT2D eigenvalue weighted by molar-refractivity contribution is -0.116. The quantitative estimate of drug-likeness (QED) is 0.193. The molecule has 1 amide bonds. The molecule has 0 spiro atoms. The topological polar surface area (TPSA) is 114 Å². The summed E-state index contributed by atoms with van der Waals surface area (Å²) in [5.74, 6) is -0.831. The van der Waals surface area contributed by atoms with E-state index in [0.717, 1.165) is 0 Å². The number of carbonyl (C=O) groups is 1. The summed E-state index contributed by atoms with van der Waals surface area (Å²) in [5, 5.41) is 7.99. The van der Waals surface area contributed by atoms with Gasteiger partial charge in [0.25, 0.3) is 0 Å². The summed E-state index contributed by atoms with van der Waals surface area (Å²) >= 11 is 0. The lowest BCUT2D eigenvalue weighted by atomic mass is 10.6. The van der Waals surface area contributed by atoms with Crippen molar-refractivity contribution in [2.24, 2.45) is 16.5 Å². The Morgan fingerprint density at radius 3 is 2.56 bits per heavy atom. The number of guanidine groups is 1. The molecule has 0 rings (SSSR count). The van der Waals surface area contributed by atoms with Crippen LogP contribution >= 0.6 is 0 Å². The highest BCUT2D eigenvalue weighted by atomic mass is 16.5. The van der Waals surface area contributed by atoms with E-state index in [1.807, 2.05) is 0 Å². The highest BCUT2D eigenvalue weighted by Gasteiger charge is 1.89. The highest BCUT2D eigenvalue weighted by Crippen LogP contribution is 1.64. The number of rotatable bonds is 2. The van der Waals surface area contributed by atoms with Crippen LogP contribution in [-0.2, 0) is 4.79 Å². The second kappa shape index (κ2) is 3.67. The fourth-order valence-electron chi connectivity index (χ4n) is 0.198. The van der Waals surface area contributed by atoms with Crippen molar-refractivity contribution in [3.63, 3.8) is 0 Å². The number of primary amides is 1. The van der Waals surface area contributed by atoms with Gasteiger partial charge in [-0.25, -0.2) is 10.5 Å². The maximum absolute atomic E-state index is 9.97. The maximum Gasteiger partial charge on any atom is 0.239 e. The Kier molecular flexibility index (Phi) is 3.14. The van der Waals surface area contributed by atoms with Crippen LogP contribution in [0, 0.1) is 0 Å². The standard InChI is InChI=1S/C3H8N4O2/c4-2(8)1-6-3(5)7-9/h9H,1H2,(H2,4,8)(H3,5,6,7). The van der Waals surface area contributed by atoms with Gasteiger partial charge in [0, 0.05) is 0 Å². The molecule has 0 aromatic rings. The smallest absolute Gasteiger partial charge is 0.239 e. The number of nitrogens with one attached hydrogen (secondary N) is 1. The average molecular weight is 132 g/mol. The summed E-state index contributed by atoms with van der Waals surface area (Å²) in [4.78, 5) is 13.3. The number of nitrogens with two attached hydrogens (primary N) is 2. The monoisotopic (exact) mass is 132 g/mol. The minimum atomic E-state index is -0.604. The molecule has 0 saturated heterocycles. The van der Waals surface area contributed by atoms with Gasteiger partial charge < -0.3 is 11.5 Å². The number of amides is 1. The second-order valence-electron chi connectivity index (χ2n) is 1.28. The number of nitrogens with zero attached hydrogens (tertiary/aromatic N) is 1. The largest absolute Gasteiger partial charge is 0.368 e. The molecule has 0 aliphatic rings. The van der Waals surface area contributed by atoms with Crippen molar-refractivity contribution in [3.8, 4) is 0 Å². The van der Waals surface area contributed by atoms with Gasteiger partial charge in [0.05, 0.1) is 0 Å². The molecule has 0 heterocycles. The van der Waals surface area contributed by atoms with Crippen LogP contribution in [0.3, 0.4) is 0 Å². The Morgan fingerprint density at radius 2 is 2.22 bits per heavy atom. The first-order valence-electron chi connectivity index (χ1n) is 2.15. The van der Waals surface area contributed by atoms with E-state index < -0.39 is 5.91 Å². The molecular formula is C3H8N4O2. The predicted octanol–water partition coefficient (Wildman–Crippen LogP) is -2.23. The minimum absolute atomic E-state index is 0.223. The second-order valence-corrected chi connectivity index (χ2v) is 1.28. The third-order valence-electron chi connectivity index (χ3n) is 0.520. The van der Waals surface area contributed by atoms with E-state index in [-0.39, 0.29) is 12.5 Å². The molecule has 52 valence electrons. The van der Waals surface area contributed by atoms with Gasteiger partial charge in [-0.05, 0) is 0 Å². The fraction of sp³-hybridized carbons (Fsp3) is 0.333. The molecule has 0 aromatic carbocycles. The molecule has 0 radical (unpaired) electrons. The molecule has 0 aliphatic heterocycles. The lowest BCUT2D eigenvalue weighted by Crippen LogP contribution is -2.30. The predicted molar refractivity (Wildman–Crippen MR) is 30.6 cm³/mol. The third kappa shape index (κ3) is 4.56. The van der Waals surface area contributed by atoms with Crippen molar-refractivity contribution in [2.45, 2.75) is 0 Å². The fourth-order valence-corrected chi connectivity index (χ4v) is 0.198. The van der Waals surface area contributed by atoms with Gasteiger partial charge >= 0.3 is 0 Å². The van der Waals surface area contributed by atoms with Crippen molar-refractivity contribution in [3.05, 3.63) is 0 Å². The van der Waals surface area contributed by atoms with Crippen LogP contribution in [0.2, 0.25) is 0 Å². The van der Waals surface area contributed by atoms with Gasteiger partial charge in [0.1, 0.15) is 6.54 Å². The Labute approximate surface area is 51.5 Å². The molecule has 0 atom stereocenters.